The molecule has 4 heteroatoms. The standard InChI is InChI=1S/C14H23N3O/c1-9(2)13(18-4)14-16-8-10-11(15-3)6-5-7-12(10)17-14/h8-9,11,13,15H,5-7H2,1-4H3. The van der Waals surface area contributed by atoms with Crippen LogP contribution in [0.2, 0.25) is 0 Å². The first-order valence-electron chi connectivity index (χ1n) is 6.73. The zero-order valence-corrected chi connectivity index (χ0v) is 11.7. The number of fused-ring (bicyclic) bond motifs is 1. The highest BCUT2D eigenvalue weighted by Crippen LogP contribution is 2.30. The molecule has 0 saturated carbocycles. The Hall–Kier alpha value is -1.00. The number of aryl methyl sites for hydroxylation is 1. The molecule has 18 heavy (non-hydrogen) atoms. The van der Waals surface area contributed by atoms with Gasteiger partial charge in [-0.3, -0.25) is 0 Å². The maximum atomic E-state index is 5.50. The number of nitrogens with zero attached hydrogens (tertiary/aromatic N) is 2. The zero-order chi connectivity index (χ0) is 13.1. The average molecular weight is 249 g/mol. The van der Waals surface area contributed by atoms with Crippen molar-refractivity contribution in [1.82, 2.24) is 15.3 Å². The molecule has 1 aromatic heterocycles. The molecule has 0 bridgehead atoms. The van der Waals surface area contributed by atoms with Crippen LogP contribution in [0.5, 0.6) is 0 Å². The lowest BCUT2D eigenvalue weighted by atomic mass is 9.92. The SMILES string of the molecule is CNC1CCCc2nc(C(OC)C(C)C)ncc21. The predicted molar refractivity (Wildman–Crippen MR) is 71.4 cm³/mol. The van der Waals surface area contributed by atoms with Gasteiger partial charge in [-0.15, -0.1) is 0 Å². The van der Waals surface area contributed by atoms with Crippen LogP contribution < -0.4 is 5.32 Å². The molecule has 0 amide bonds. The molecule has 2 rings (SSSR count). The van der Waals surface area contributed by atoms with E-state index in [0.717, 1.165) is 12.2 Å². The van der Waals surface area contributed by atoms with Crippen LogP contribution in [0.4, 0.5) is 0 Å². The van der Waals surface area contributed by atoms with Crippen LogP contribution in [0.15, 0.2) is 6.20 Å². The minimum Gasteiger partial charge on any atom is -0.373 e. The Morgan fingerprint density at radius 3 is 2.83 bits per heavy atom. The largest absolute Gasteiger partial charge is 0.373 e. The number of rotatable bonds is 4. The van der Waals surface area contributed by atoms with E-state index in [0.29, 0.717) is 12.0 Å². The molecule has 1 heterocycles. The summed E-state index contributed by atoms with van der Waals surface area (Å²) in [4.78, 5) is 9.23. The summed E-state index contributed by atoms with van der Waals surface area (Å²) in [5.74, 6) is 1.21. The van der Waals surface area contributed by atoms with Gasteiger partial charge in [-0.1, -0.05) is 13.8 Å². The number of hydrogen-bond donors (Lipinski definition) is 1. The first kappa shape index (κ1) is 13.4. The minimum absolute atomic E-state index is 0.00902. The third-order valence-electron chi connectivity index (χ3n) is 3.66. The molecule has 1 aliphatic carbocycles. The van der Waals surface area contributed by atoms with Crippen molar-refractivity contribution in [2.45, 2.75) is 45.3 Å². The normalized spacial score (nSPS) is 20.8. The number of nitrogens with one attached hydrogen (secondary N) is 1. The Morgan fingerprint density at radius 1 is 1.44 bits per heavy atom. The summed E-state index contributed by atoms with van der Waals surface area (Å²) >= 11 is 0. The van der Waals surface area contributed by atoms with Gasteiger partial charge < -0.3 is 10.1 Å². The number of methoxy groups -OCH3 is 1. The molecule has 0 fully saturated rings. The Balaban J connectivity index is 2.31. The van der Waals surface area contributed by atoms with E-state index < -0.39 is 0 Å². The van der Waals surface area contributed by atoms with Crippen molar-refractivity contribution >= 4 is 0 Å². The highest BCUT2D eigenvalue weighted by molar-refractivity contribution is 5.25. The summed E-state index contributed by atoms with van der Waals surface area (Å²) < 4.78 is 5.50. The summed E-state index contributed by atoms with van der Waals surface area (Å²) in [6.45, 7) is 4.26. The van der Waals surface area contributed by atoms with E-state index >= 15 is 0 Å². The van der Waals surface area contributed by atoms with Crippen molar-refractivity contribution in [3.63, 3.8) is 0 Å². The van der Waals surface area contributed by atoms with Gasteiger partial charge in [0, 0.05) is 30.6 Å². The number of aromatic nitrogens is 2. The molecule has 1 aromatic rings. The monoisotopic (exact) mass is 249 g/mol. The van der Waals surface area contributed by atoms with Crippen LogP contribution in [0.1, 0.15) is 55.9 Å². The second-order valence-corrected chi connectivity index (χ2v) is 5.26. The van der Waals surface area contributed by atoms with Crippen LogP contribution >= 0.6 is 0 Å². The molecule has 0 radical (unpaired) electrons. The average Bonchev–Trinajstić information content (AvgIpc) is 2.38. The van der Waals surface area contributed by atoms with Gasteiger partial charge in [0.1, 0.15) is 6.10 Å². The molecule has 2 atom stereocenters. The van der Waals surface area contributed by atoms with Gasteiger partial charge in [0.15, 0.2) is 5.82 Å². The van der Waals surface area contributed by atoms with Crippen LogP contribution in [0.3, 0.4) is 0 Å². The van der Waals surface area contributed by atoms with E-state index in [1.54, 1.807) is 7.11 Å². The molecule has 0 aromatic carbocycles. The van der Waals surface area contributed by atoms with Crippen molar-refractivity contribution in [3.05, 3.63) is 23.3 Å². The fraction of sp³-hybridized carbons (Fsp3) is 0.714. The second kappa shape index (κ2) is 5.76. The van der Waals surface area contributed by atoms with E-state index in [9.17, 15) is 0 Å². The maximum Gasteiger partial charge on any atom is 0.157 e. The third-order valence-corrected chi connectivity index (χ3v) is 3.66. The zero-order valence-electron chi connectivity index (χ0n) is 11.7. The van der Waals surface area contributed by atoms with Gasteiger partial charge in [0.25, 0.3) is 0 Å². The Labute approximate surface area is 109 Å². The van der Waals surface area contributed by atoms with Gasteiger partial charge in [-0.2, -0.15) is 0 Å². The van der Waals surface area contributed by atoms with Crippen LogP contribution in [0, 0.1) is 5.92 Å². The number of ether oxygens (including phenoxy) is 1. The topological polar surface area (TPSA) is 47.0 Å². The first-order chi connectivity index (χ1) is 8.67. The van der Waals surface area contributed by atoms with E-state index in [-0.39, 0.29) is 6.10 Å². The van der Waals surface area contributed by atoms with E-state index in [2.05, 4.69) is 24.1 Å². The summed E-state index contributed by atoms with van der Waals surface area (Å²) in [5, 5.41) is 3.33. The number of hydrogen-bond acceptors (Lipinski definition) is 4. The van der Waals surface area contributed by atoms with Gasteiger partial charge in [-0.05, 0) is 32.2 Å². The van der Waals surface area contributed by atoms with Gasteiger partial charge in [0.2, 0.25) is 0 Å². The maximum absolute atomic E-state index is 5.50. The second-order valence-electron chi connectivity index (χ2n) is 5.26. The highest BCUT2D eigenvalue weighted by atomic mass is 16.5. The van der Waals surface area contributed by atoms with Gasteiger partial charge in [-0.25, -0.2) is 9.97 Å². The van der Waals surface area contributed by atoms with Gasteiger partial charge in [0.05, 0.1) is 0 Å². The van der Waals surface area contributed by atoms with Crippen molar-refractivity contribution in [2.24, 2.45) is 5.92 Å². The lowest BCUT2D eigenvalue weighted by molar-refractivity contribution is 0.0571. The van der Waals surface area contributed by atoms with Crippen molar-refractivity contribution in [3.8, 4) is 0 Å². The summed E-state index contributed by atoms with van der Waals surface area (Å²) in [6.07, 6.45) is 5.38. The van der Waals surface area contributed by atoms with Gasteiger partial charge >= 0.3 is 0 Å². The fourth-order valence-corrected chi connectivity index (χ4v) is 2.67. The summed E-state index contributed by atoms with van der Waals surface area (Å²) in [7, 11) is 3.73. The smallest absolute Gasteiger partial charge is 0.157 e. The van der Waals surface area contributed by atoms with Crippen molar-refractivity contribution in [1.29, 1.82) is 0 Å². The summed E-state index contributed by atoms with van der Waals surface area (Å²) in [6, 6.07) is 0.405. The molecule has 2 unspecified atom stereocenters. The lowest BCUT2D eigenvalue weighted by Gasteiger charge is -2.25. The minimum atomic E-state index is -0.00902. The quantitative estimate of drug-likeness (QED) is 0.890. The molecule has 0 aliphatic heterocycles. The van der Waals surface area contributed by atoms with Crippen LogP contribution in [0.25, 0.3) is 0 Å². The van der Waals surface area contributed by atoms with E-state index in [1.807, 2.05) is 13.2 Å². The molecule has 0 spiro atoms. The van der Waals surface area contributed by atoms with Crippen molar-refractivity contribution < 1.29 is 4.74 Å². The highest BCUT2D eigenvalue weighted by Gasteiger charge is 2.24. The first-order valence-corrected chi connectivity index (χ1v) is 6.73. The Bertz CT molecular complexity index is 406. The molecule has 1 aliphatic rings. The van der Waals surface area contributed by atoms with Crippen molar-refractivity contribution in [2.75, 3.05) is 14.2 Å². The lowest BCUT2D eigenvalue weighted by Crippen LogP contribution is -2.24. The van der Waals surface area contributed by atoms with E-state index in [1.165, 1.54) is 24.1 Å². The molecule has 4 nitrogen and oxygen atoms in total. The Kier molecular flexibility index (Phi) is 4.30. The predicted octanol–water partition coefficient (Wildman–Crippen LogP) is 2.42. The molecule has 100 valence electrons. The van der Waals surface area contributed by atoms with E-state index in [4.69, 9.17) is 9.72 Å². The fourth-order valence-electron chi connectivity index (χ4n) is 2.67. The Morgan fingerprint density at radius 2 is 2.22 bits per heavy atom. The van der Waals surface area contributed by atoms with Crippen LogP contribution in [-0.2, 0) is 11.2 Å². The molecule has 0 saturated heterocycles. The van der Waals surface area contributed by atoms with Crippen LogP contribution in [-0.4, -0.2) is 24.1 Å². The molecular weight excluding hydrogens is 226 g/mol. The third kappa shape index (κ3) is 2.54. The molecular formula is C14H23N3O. The summed E-state index contributed by atoms with van der Waals surface area (Å²) in [5.41, 5.74) is 2.44. The molecule has 1 N–H and O–H groups in total.